The Morgan fingerprint density at radius 2 is 2.29 bits per heavy atom. The fourth-order valence-electron chi connectivity index (χ4n) is 1.17. The second kappa shape index (κ2) is 4.74. The van der Waals surface area contributed by atoms with Crippen LogP contribution in [0.4, 0.5) is 0 Å². The number of carbonyl (C=O) groups excluding carboxylic acids is 2. The Kier molecular flexibility index (Phi) is 3.62. The van der Waals surface area contributed by atoms with Gasteiger partial charge in [-0.3, -0.25) is 9.59 Å². The van der Waals surface area contributed by atoms with Gasteiger partial charge in [0.1, 0.15) is 5.71 Å². The van der Waals surface area contributed by atoms with Gasteiger partial charge in [-0.25, -0.2) is 5.01 Å². The van der Waals surface area contributed by atoms with Gasteiger partial charge in [-0.05, 0) is 6.42 Å². The Hall–Kier alpha value is -1.39. The van der Waals surface area contributed by atoms with E-state index in [4.69, 9.17) is 0 Å². The first-order valence-corrected chi connectivity index (χ1v) is 4.77. The molecule has 0 saturated heterocycles. The molecule has 5 heteroatoms. The molecular formula is C9H15N3O2. The highest BCUT2D eigenvalue weighted by Gasteiger charge is 2.21. The molecule has 14 heavy (non-hydrogen) atoms. The van der Waals surface area contributed by atoms with E-state index in [-0.39, 0.29) is 11.8 Å². The van der Waals surface area contributed by atoms with Crippen molar-refractivity contribution in [2.24, 2.45) is 5.10 Å². The van der Waals surface area contributed by atoms with Crippen LogP contribution in [0.1, 0.15) is 26.2 Å². The summed E-state index contributed by atoms with van der Waals surface area (Å²) in [6.45, 7) is 2.63. The first kappa shape index (κ1) is 10.7. The van der Waals surface area contributed by atoms with E-state index in [1.807, 2.05) is 6.92 Å². The fourth-order valence-corrected chi connectivity index (χ4v) is 1.17. The van der Waals surface area contributed by atoms with Crippen LogP contribution in [0.25, 0.3) is 0 Å². The molecule has 1 rings (SSSR count). The van der Waals surface area contributed by atoms with Crippen molar-refractivity contribution >= 4 is 17.5 Å². The largest absolute Gasteiger partial charge is 0.351 e. The second-order valence-electron chi connectivity index (χ2n) is 3.22. The Labute approximate surface area is 83.2 Å². The van der Waals surface area contributed by atoms with Gasteiger partial charge < -0.3 is 5.32 Å². The van der Waals surface area contributed by atoms with Crippen LogP contribution < -0.4 is 5.32 Å². The van der Waals surface area contributed by atoms with Crippen molar-refractivity contribution in [2.45, 2.75) is 26.2 Å². The van der Waals surface area contributed by atoms with Crippen molar-refractivity contribution < 1.29 is 9.59 Å². The predicted octanol–water partition coefficient (Wildman–Crippen LogP) is 0.121. The summed E-state index contributed by atoms with van der Waals surface area (Å²) in [5, 5.41) is 7.86. The fraction of sp³-hybridized carbons (Fsp3) is 0.667. The van der Waals surface area contributed by atoms with Crippen LogP contribution in [0.15, 0.2) is 5.10 Å². The van der Waals surface area contributed by atoms with E-state index in [0.717, 1.165) is 6.42 Å². The van der Waals surface area contributed by atoms with Crippen molar-refractivity contribution in [2.75, 3.05) is 13.6 Å². The van der Waals surface area contributed by atoms with Crippen LogP contribution in [0.2, 0.25) is 0 Å². The summed E-state index contributed by atoms with van der Waals surface area (Å²) in [7, 11) is 1.56. The number of carbonyl (C=O) groups is 2. The molecule has 0 spiro atoms. The highest BCUT2D eigenvalue weighted by Crippen LogP contribution is 2.06. The SMILES string of the molecule is CCCNC(=O)C1=NN(C)C(=O)CC1. The molecule has 1 aliphatic rings. The lowest BCUT2D eigenvalue weighted by Gasteiger charge is -2.18. The van der Waals surface area contributed by atoms with Crippen LogP contribution in [0.5, 0.6) is 0 Å². The summed E-state index contributed by atoms with van der Waals surface area (Å²) in [4.78, 5) is 22.5. The summed E-state index contributed by atoms with van der Waals surface area (Å²) < 4.78 is 0. The van der Waals surface area contributed by atoms with Crippen molar-refractivity contribution in [3.05, 3.63) is 0 Å². The first-order chi connectivity index (χ1) is 6.65. The molecule has 0 saturated carbocycles. The van der Waals surface area contributed by atoms with Crippen LogP contribution in [0, 0.1) is 0 Å². The first-order valence-electron chi connectivity index (χ1n) is 4.77. The van der Waals surface area contributed by atoms with Crippen LogP contribution in [-0.4, -0.2) is 36.1 Å². The molecule has 0 unspecified atom stereocenters. The third-order valence-corrected chi connectivity index (χ3v) is 2.00. The standard InChI is InChI=1S/C9H15N3O2/c1-3-6-10-9(14)7-4-5-8(13)12(2)11-7/h3-6H2,1-2H3,(H,10,14). The van der Waals surface area contributed by atoms with Crippen LogP contribution in [-0.2, 0) is 9.59 Å². The number of nitrogens with zero attached hydrogens (tertiary/aromatic N) is 2. The summed E-state index contributed by atoms with van der Waals surface area (Å²) in [6.07, 6.45) is 1.71. The zero-order valence-electron chi connectivity index (χ0n) is 8.54. The smallest absolute Gasteiger partial charge is 0.267 e. The van der Waals surface area contributed by atoms with Gasteiger partial charge >= 0.3 is 0 Å². The highest BCUT2D eigenvalue weighted by atomic mass is 16.2. The predicted molar refractivity (Wildman–Crippen MR) is 52.7 cm³/mol. The molecule has 2 amide bonds. The van der Waals surface area contributed by atoms with Gasteiger partial charge in [0, 0.05) is 26.4 Å². The normalized spacial score (nSPS) is 16.6. The van der Waals surface area contributed by atoms with E-state index >= 15 is 0 Å². The van der Waals surface area contributed by atoms with Crippen molar-refractivity contribution in [1.82, 2.24) is 10.3 Å². The molecule has 0 fully saturated rings. The third kappa shape index (κ3) is 2.55. The molecule has 1 aliphatic heterocycles. The minimum Gasteiger partial charge on any atom is -0.351 e. The molecule has 78 valence electrons. The molecule has 1 N–H and O–H groups in total. The lowest BCUT2D eigenvalue weighted by molar-refractivity contribution is -0.130. The van der Waals surface area contributed by atoms with E-state index in [2.05, 4.69) is 10.4 Å². The number of hydrogen-bond acceptors (Lipinski definition) is 3. The van der Waals surface area contributed by atoms with E-state index in [0.29, 0.717) is 25.1 Å². The van der Waals surface area contributed by atoms with Gasteiger partial charge in [0.05, 0.1) is 0 Å². The maximum atomic E-state index is 11.4. The van der Waals surface area contributed by atoms with Gasteiger partial charge in [0.2, 0.25) is 5.91 Å². The van der Waals surface area contributed by atoms with Gasteiger partial charge in [0.15, 0.2) is 0 Å². The van der Waals surface area contributed by atoms with Gasteiger partial charge in [0.25, 0.3) is 5.91 Å². The monoisotopic (exact) mass is 197 g/mol. The minimum atomic E-state index is -0.161. The van der Waals surface area contributed by atoms with E-state index in [9.17, 15) is 9.59 Å². The van der Waals surface area contributed by atoms with Crippen LogP contribution >= 0.6 is 0 Å². The quantitative estimate of drug-likeness (QED) is 0.698. The number of hydrogen-bond donors (Lipinski definition) is 1. The average molecular weight is 197 g/mol. The number of nitrogens with one attached hydrogen (secondary N) is 1. The zero-order valence-corrected chi connectivity index (χ0v) is 8.54. The summed E-state index contributed by atoms with van der Waals surface area (Å²) >= 11 is 0. The molecular weight excluding hydrogens is 182 g/mol. The lowest BCUT2D eigenvalue weighted by atomic mass is 10.1. The molecule has 0 aliphatic carbocycles. The second-order valence-corrected chi connectivity index (χ2v) is 3.22. The maximum Gasteiger partial charge on any atom is 0.267 e. The van der Waals surface area contributed by atoms with Crippen molar-refractivity contribution in [3.8, 4) is 0 Å². The molecule has 0 bridgehead atoms. The molecule has 0 atom stereocenters. The summed E-state index contributed by atoms with van der Waals surface area (Å²) in [6, 6.07) is 0. The Bertz CT molecular complexity index is 273. The van der Waals surface area contributed by atoms with Crippen LogP contribution in [0.3, 0.4) is 0 Å². The van der Waals surface area contributed by atoms with E-state index in [1.54, 1.807) is 7.05 Å². The average Bonchev–Trinajstić information content (AvgIpc) is 2.18. The third-order valence-electron chi connectivity index (χ3n) is 2.00. The van der Waals surface area contributed by atoms with Crippen molar-refractivity contribution in [1.29, 1.82) is 0 Å². The van der Waals surface area contributed by atoms with Crippen molar-refractivity contribution in [3.63, 3.8) is 0 Å². The molecule has 0 radical (unpaired) electrons. The number of amides is 2. The maximum absolute atomic E-state index is 11.4. The van der Waals surface area contributed by atoms with Gasteiger partial charge in [-0.15, -0.1) is 0 Å². The Morgan fingerprint density at radius 3 is 2.86 bits per heavy atom. The highest BCUT2D eigenvalue weighted by molar-refractivity contribution is 6.39. The molecule has 1 heterocycles. The van der Waals surface area contributed by atoms with E-state index in [1.165, 1.54) is 5.01 Å². The minimum absolute atomic E-state index is 0.0444. The summed E-state index contributed by atoms with van der Waals surface area (Å²) in [5.74, 6) is -0.205. The molecule has 5 nitrogen and oxygen atoms in total. The topological polar surface area (TPSA) is 61.8 Å². The van der Waals surface area contributed by atoms with E-state index < -0.39 is 0 Å². The number of rotatable bonds is 3. The zero-order chi connectivity index (χ0) is 10.6. The molecule has 0 aromatic rings. The van der Waals surface area contributed by atoms with Gasteiger partial charge in [-0.2, -0.15) is 5.10 Å². The molecule has 0 aromatic heterocycles. The van der Waals surface area contributed by atoms with Gasteiger partial charge in [-0.1, -0.05) is 6.92 Å². The number of hydrazone groups is 1. The Balaban J connectivity index is 2.56. The summed E-state index contributed by atoms with van der Waals surface area (Å²) in [5.41, 5.74) is 0.445. The lowest BCUT2D eigenvalue weighted by Crippen LogP contribution is -2.37. The Morgan fingerprint density at radius 1 is 1.57 bits per heavy atom. The molecule has 0 aromatic carbocycles.